The summed E-state index contributed by atoms with van der Waals surface area (Å²) in [7, 11) is 0. The van der Waals surface area contributed by atoms with Crippen LogP contribution >= 0.6 is 0 Å². The van der Waals surface area contributed by atoms with Crippen LogP contribution < -0.4 is 16.0 Å². The first-order valence-electron chi connectivity index (χ1n) is 8.87. The first kappa shape index (κ1) is 17.7. The third-order valence-electron chi connectivity index (χ3n) is 4.06. The molecule has 1 aliphatic rings. The molecule has 1 fully saturated rings. The van der Waals surface area contributed by atoms with Crippen LogP contribution in [0.2, 0.25) is 0 Å². The lowest BCUT2D eigenvalue weighted by Gasteiger charge is -2.08. The number of aromatic nitrogens is 3. The number of hydrogen-bond acceptors (Lipinski definition) is 6. The van der Waals surface area contributed by atoms with Gasteiger partial charge in [-0.3, -0.25) is 9.78 Å². The van der Waals surface area contributed by atoms with Crippen molar-refractivity contribution in [3.8, 4) is 11.5 Å². The fourth-order valence-corrected chi connectivity index (χ4v) is 2.50. The van der Waals surface area contributed by atoms with E-state index in [9.17, 15) is 9.59 Å². The molecule has 1 aromatic carbocycles. The van der Waals surface area contributed by atoms with Crippen molar-refractivity contribution in [2.75, 3.05) is 5.32 Å². The van der Waals surface area contributed by atoms with Crippen LogP contribution in [0.15, 0.2) is 53.2 Å². The van der Waals surface area contributed by atoms with Crippen LogP contribution in [-0.2, 0) is 6.54 Å². The highest BCUT2D eigenvalue weighted by Crippen LogP contribution is 2.19. The number of nitrogens with one attached hydrogen (secondary N) is 3. The summed E-state index contributed by atoms with van der Waals surface area (Å²) in [6, 6.07) is 12.1. The van der Waals surface area contributed by atoms with Gasteiger partial charge in [0.05, 0.1) is 6.54 Å². The molecule has 9 nitrogen and oxygen atoms in total. The van der Waals surface area contributed by atoms with Crippen molar-refractivity contribution in [1.82, 2.24) is 25.8 Å². The van der Waals surface area contributed by atoms with Crippen LogP contribution in [0, 0.1) is 0 Å². The molecule has 0 radical (unpaired) electrons. The molecule has 0 atom stereocenters. The van der Waals surface area contributed by atoms with E-state index in [0.717, 1.165) is 12.8 Å². The number of benzene rings is 1. The van der Waals surface area contributed by atoms with E-state index in [1.807, 2.05) is 6.07 Å². The maximum atomic E-state index is 12.4. The van der Waals surface area contributed by atoms with E-state index in [2.05, 4.69) is 31.1 Å². The number of pyridine rings is 1. The van der Waals surface area contributed by atoms with Gasteiger partial charge in [0.25, 0.3) is 5.91 Å². The highest BCUT2D eigenvalue weighted by molar-refractivity contribution is 5.96. The molecule has 3 amide bonds. The highest BCUT2D eigenvalue weighted by Gasteiger charge is 2.23. The molecule has 0 aliphatic heterocycles. The van der Waals surface area contributed by atoms with Crippen molar-refractivity contribution >= 4 is 17.6 Å². The van der Waals surface area contributed by atoms with E-state index in [1.165, 1.54) is 0 Å². The van der Waals surface area contributed by atoms with E-state index >= 15 is 0 Å². The third-order valence-corrected chi connectivity index (χ3v) is 4.06. The van der Waals surface area contributed by atoms with Crippen LogP contribution in [0.5, 0.6) is 0 Å². The quantitative estimate of drug-likeness (QED) is 0.605. The minimum absolute atomic E-state index is 0.0818. The number of rotatable bonds is 6. The van der Waals surface area contributed by atoms with Crippen LogP contribution in [0.1, 0.15) is 29.1 Å². The van der Waals surface area contributed by atoms with Gasteiger partial charge < -0.3 is 20.5 Å². The Hall–Kier alpha value is -3.75. The summed E-state index contributed by atoms with van der Waals surface area (Å²) in [6.07, 6.45) is 3.65. The fourth-order valence-electron chi connectivity index (χ4n) is 2.50. The molecule has 2 heterocycles. The van der Waals surface area contributed by atoms with Gasteiger partial charge in [0, 0.05) is 23.5 Å². The Kier molecular flexibility index (Phi) is 4.96. The Balaban J connectivity index is 1.34. The summed E-state index contributed by atoms with van der Waals surface area (Å²) in [5.41, 5.74) is 1.54. The molecule has 0 saturated heterocycles. The highest BCUT2D eigenvalue weighted by atomic mass is 16.5. The molecule has 2 aromatic heterocycles. The normalized spacial score (nSPS) is 13.0. The van der Waals surface area contributed by atoms with Crippen LogP contribution in [-0.4, -0.2) is 33.1 Å². The first-order valence-corrected chi connectivity index (χ1v) is 8.87. The zero-order valence-corrected chi connectivity index (χ0v) is 14.9. The molecule has 3 aromatic rings. The summed E-state index contributed by atoms with van der Waals surface area (Å²) in [4.78, 5) is 32.6. The Morgan fingerprint density at radius 3 is 2.82 bits per heavy atom. The topological polar surface area (TPSA) is 122 Å². The standard InChI is InChI=1S/C19H18N6O3/c26-18(12-4-3-5-14(10-12)23-19(27)22-13-7-8-13)21-11-16-24-17(25-28-16)15-6-1-2-9-20-15/h1-6,9-10,13H,7-8,11H2,(H,21,26)(H2,22,23,27). The Morgan fingerprint density at radius 1 is 1.14 bits per heavy atom. The number of anilines is 1. The number of nitrogens with zero attached hydrogens (tertiary/aromatic N) is 3. The van der Waals surface area contributed by atoms with Crippen molar-refractivity contribution in [2.45, 2.75) is 25.4 Å². The van der Waals surface area contributed by atoms with Crippen molar-refractivity contribution in [1.29, 1.82) is 0 Å². The van der Waals surface area contributed by atoms with Gasteiger partial charge >= 0.3 is 6.03 Å². The SMILES string of the molecule is O=C(Nc1cccc(C(=O)NCc2nc(-c3ccccn3)no2)c1)NC1CC1. The van der Waals surface area contributed by atoms with Gasteiger partial charge in [0.1, 0.15) is 5.69 Å². The summed E-state index contributed by atoms with van der Waals surface area (Å²) < 4.78 is 5.14. The van der Waals surface area contributed by atoms with Crippen molar-refractivity contribution in [3.05, 3.63) is 60.1 Å². The molecule has 3 N–H and O–H groups in total. The van der Waals surface area contributed by atoms with Gasteiger partial charge in [-0.2, -0.15) is 4.98 Å². The maximum Gasteiger partial charge on any atom is 0.319 e. The number of amides is 3. The zero-order chi connectivity index (χ0) is 19.3. The van der Waals surface area contributed by atoms with Gasteiger partial charge in [0.15, 0.2) is 0 Å². The molecule has 0 spiro atoms. The largest absolute Gasteiger partial charge is 0.343 e. The van der Waals surface area contributed by atoms with Crippen LogP contribution in [0.3, 0.4) is 0 Å². The monoisotopic (exact) mass is 378 g/mol. The summed E-state index contributed by atoms with van der Waals surface area (Å²) in [6.45, 7) is 0.0818. The lowest BCUT2D eigenvalue weighted by molar-refractivity contribution is 0.0946. The second-order valence-corrected chi connectivity index (χ2v) is 6.36. The zero-order valence-electron chi connectivity index (χ0n) is 14.9. The molecular formula is C19H18N6O3. The molecular weight excluding hydrogens is 360 g/mol. The predicted octanol–water partition coefficient (Wildman–Crippen LogP) is 2.35. The molecule has 1 saturated carbocycles. The summed E-state index contributed by atoms with van der Waals surface area (Å²) >= 11 is 0. The number of carbonyl (C=O) groups is 2. The van der Waals surface area contributed by atoms with Gasteiger partial charge in [-0.1, -0.05) is 17.3 Å². The molecule has 4 rings (SSSR count). The van der Waals surface area contributed by atoms with Crippen LogP contribution in [0.4, 0.5) is 10.5 Å². The lowest BCUT2D eigenvalue weighted by Crippen LogP contribution is -2.30. The lowest BCUT2D eigenvalue weighted by atomic mass is 10.2. The third kappa shape index (κ3) is 4.50. The maximum absolute atomic E-state index is 12.4. The van der Waals surface area contributed by atoms with E-state index in [1.54, 1.807) is 42.6 Å². The first-order chi connectivity index (χ1) is 13.7. The average molecular weight is 378 g/mol. The number of carbonyl (C=O) groups excluding carboxylic acids is 2. The van der Waals surface area contributed by atoms with Crippen LogP contribution in [0.25, 0.3) is 11.5 Å². The Labute approximate surface area is 160 Å². The van der Waals surface area contributed by atoms with E-state index < -0.39 is 0 Å². The minimum atomic E-state index is -0.316. The molecule has 0 bridgehead atoms. The van der Waals surface area contributed by atoms with Gasteiger partial charge in [-0.25, -0.2) is 4.79 Å². The predicted molar refractivity (Wildman–Crippen MR) is 100 cm³/mol. The van der Waals surface area contributed by atoms with Crippen molar-refractivity contribution < 1.29 is 14.1 Å². The molecule has 142 valence electrons. The van der Waals surface area contributed by atoms with Crippen molar-refractivity contribution in [2.24, 2.45) is 0 Å². The van der Waals surface area contributed by atoms with Gasteiger partial charge in [-0.15, -0.1) is 0 Å². The van der Waals surface area contributed by atoms with E-state index in [4.69, 9.17) is 4.52 Å². The molecule has 9 heteroatoms. The number of urea groups is 1. The van der Waals surface area contributed by atoms with E-state index in [0.29, 0.717) is 22.8 Å². The Morgan fingerprint density at radius 2 is 2.04 bits per heavy atom. The summed E-state index contributed by atoms with van der Waals surface area (Å²) in [5.74, 6) is 0.314. The van der Waals surface area contributed by atoms with E-state index in [-0.39, 0.29) is 30.4 Å². The molecule has 1 aliphatic carbocycles. The number of hydrogen-bond donors (Lipinski definition) is 3. The second-order valence-electron chi connectivity index (χ2n) is 6.36. The van der Waals surface area contributed by atoms with Crippen molar-refractivity contribution in [3.63, 3.8) is 0 Å². The second kappa shape index (κ2) is 7.87. The average Bonchev–Trinajstić information content (AvgIpc) is 3.40. The molecule has 28 heavy (non-hydrogen) atoms. The minimum Gasteiger partial charge on any atom is -0.343 e. The van der Waals surface area contributed by atoms with Gasteiger partial charge in [0.2, 0.25) is 11.7 Å². The molecule has 0 unspecified atom stereocenters. The van der Waals surface area contributed by atoms with Gasteiger partial charge in [-0.05, 0) is 43.2 Å². The smallest absolute Gasteiger partial charge is 0.319 e. The summed E-state index contributed by atoms with van der Waals surface area (Å²) in [5, 5.41) is 12.1. The Bertz CT molecular complexity index is 984. The fraction of sp³-hybridized carbons (Fsp3) is 0.211.